The molecule has 10 rings (SSSR count). The van der Waals surface area contributed by atoms with Gasteiger partial charge in [-0.25, -0.2) is 0 Å². The van der Waals surface area contributed by atoms with Crippen molar-refractivity contribution in [3.63, 3.8) is 0 Å². The summed E-state index contributed by atoms with van der Waals surface area (Å²) in [6, 6.07) is 58.6. The van der Waals surface area contributed by atoms with Gasteiger partial charge in [0.25, 0.3) is 0 Å². The largest absolute Gasteiger partial charge is 0.416 e. The van der Waals surface area contributed by atoms with Gasteiger partial charge < -0.3 is 9.47 Å². The second kappa shape index (κ2) is 14.2. The van der Waals surface area contributed by atoms with Crippen LogP contribution in [0.15, 0.2) is 194 Å². The van der Waals surface area contributed by atoms with Crippen LogP contribution in [0, 0.1) is 0 Å². The van der Waals surface area contributed by atoms with Gasteiger partial charge in [0.05, 0.1) is 22.2 Å². The Morgan fingerprint density at radius 2 is 0.733 bits per heavy atom. The Morgan fingerprint density at radius 1 is 0.333 bits per heavy atom. The van der Waals surface area contributed by atoms with Gasteiger partial charge in [0.2, 0.25) is 0 Å². The maximum atomic E-state index is 13.8. The van der Waals surface area contributed by atoms with Crippen molar-refractivity contribution in [1.29, 1.82) is 0 Å². The van der Waals surface area contributed by atoms with Gasteiger partial charge >= 0.3 is 12.4 Å². The van der Waals surface area contributed by atoms with Crippen LogP contribution in [-0.2, 0) is 12.4 Å². The molecule has 0 saturated carbocycles. The first-order valence-corrected chi connectivity index (χ1v) is 19.3. The van der Waals surface area contributed by atoms with Crippen LogP contribution >= 0.6 is 0 Å². The van der Waals surface area contributed by atoms with Crippen LogP contribution in [0.4, 0.5) is 43.4 Å². The van der Waals surface area contributed by atoms with Crippen molar-refractivity contribution in [2.75, 3.05) is 4.90 Å². The second-order valence-corrected chi connectivity index (χ2v) is 14.7. The minimum atomic E-state index is -4.52. The van der Waals surface area contributed by atoms with Crippen LogP contribution in [0.5, 0.6) is 0 Å². The SMILES string of the molecule is FC(F)(F)c1ccc(-c2c3ccccc3c(-c3ccc(C(F)(F)F)cc3)c3cc(N(c4ccccc4)c4ccc(-n5c6ccccc6c6ccccc65)cc4)ccc23)cc1. The quantitative estimate of drug-likeness (QED) is 0.120. The number of fused-ring (bicyclic) bond motifs is 5. The molecule has 0 radical (unpaired) electrons. The lowest BCUT2D eigenvalue weighted by atomic mass is 9.85. The summed E-state index contributed by atoms with van der Waals surface area (Å²) in [6.45, 7) is 0. The number of aromatic nitrogens is 1. The van der Waals surface area contributed by atoms with E-state index in [9.17, 15) is 26.3 Å². The summed E-state index contributed by atoms with van der Waals surface area (Å²) in [5, 5.41) is 5.29. The molecule has 0 aliphatic rings. The molecule has 9 aromatic carbocycles. The van der Waals surface area contributed by atoms with E-state index in [1.54, 1.807) is 0 Å². The number of rotatable bonds is 6. The predicted molar refractivity (Wildman–Crippen MR) is 231 cm³/mol. The zero-order chi connectivity index (χ0) is 41.2. The Hall–Kier alpha value is -7.32. The average Bonchev–Trinajstić information content (AvgIpc) is 3.60. The number of hydrogen-bond acceptors (Lipinski definition) is 1. The van der Waals surface area contributed by atoms with Crippen LogP contribution in [0.3, 0.4) is 0 Å². The summed E-state index contributed by atoms with van der Waals surface area (Å²) in [6.07, 6.45) is -9.03. The lowest BCUT2D eigenvalue weighted by Gasteiger charge is -2.27. The molecule has 0 aliphatic carbocycles. The highest BCUT2D eigenvalue weighted by Crippen LogP contribution is 2.47. The van der Waals surface area contributed by atoms with Crippen molar-refractivity contribution in [2.24, 2.45) is 0 Å². The summed E-state index contributed by atoms with van der Waals surface area (Å²) in [5.74, 6) is 0. The zero-order valence-electron chi connectivity index (χ0n) is 31.6. The molecule has 0 unspecified atom stereocenters. The zero-order valence-corrected chi connectivity index (χ0v) is 31.6. The van der Waals surface area contributed by atoms with Gasteiger partial charge in [-0.2, -0.15) is 26.3 Å². The fourth-order valence-corrected chi connectivity index (χ4v) is 8.55. The number of nitrogens with zero attached hydrogens (tertiary/aromatic N) is 2. The van der Waals surface area contributed by atoms with Gasteiger partial charge in [-0.15, -0.1) is 0 Å². The van der Waals surface area contributed by atoms with E-state index in [2.05, 4.69) is 58.0 Å². The molecule has 8 heteroatoms. The Labute approximate surface area is 340 Å². The van der Waals surface area contributed by atoms with E-state index in [1.165, 1.54) is 24.3 Å². The van der Waals surface area contributed by atoms with Crippen LogP contribution in [0.1, 0.15) is 11.1 Å². The highest BCUT2D eigenvalue weighted by atomic mass is 19.4. The topological polar surface area (TPSA) is 8.17 Å². The summed E-state index contributed by atoms with van der Waals surface area (Å²) in [4.78, 5) is 2.12. The highest BCUT2D eigenvalue weighted by molar-refractivity contribution is 6.22. The van der Waals surface area contributed by atoms with Crippen molar-refractivity contribution in [3.8, 4) is 27.9 Å². The lowest BCUT2D eigenvalue weighted by Crippen LogP contribution is -2.10. The smallest absolute Gasteiger partial charge is 0.310 e. The second-order valence-electron chi connectivity index (χ2n) is 14.7. The molecule has 0 amide bonds. The summed E-state index contributed by atoms with van der Waals surface area (Å²) >= 11 is 0. The standard InChI is InChI=1S/C52H32F6N2/c53-51(54,55)35-22-18-33(19-23-35)49-43-14-4-5-15-44(43)50(34-20-24-36(25-21-34)52(56,57)58)46-32-40(30-31-45(46)49)59(37-10-2-1-3-11-37)38-26-28-39(29-27-38)60-47-16-8-6-12-41(47)42-13-7-9-17-48(42)60/h1-32H. The van der Waals surface area contributed by atoms with Gasteiger partial charge in [0.15, 0.2) is 0 Å². The van der Waals surface area contributed by atoms with Crippen molar-refractivity contribution >= 4 is 60.4 Å². The summed E-state index contributed by atoms with van der Waals surface area (Å²) < 4.78 is 84.8. The van der Waals surface area contributed by atoms with E-state index in [0.717, 1.165) is 95.9 Å². The van der Waals surface area contributed by atoms with Crippen molar-refractivity contribution in [1.82, 2.24) is 4.57 Å². The molecule has 10 aromatic rings. The lowest BCUT2D eigenvalue weighted by molar-refractivity contribution is -0.138. The Morgan fingerprint density at radius 3 is 1.23 bits per heavy atom. The van der Waals surface area contributed by atoms with Gasteiger partial charge in [0, 0.05) is 33.5 Å². The Bertz CT molecular complexity index is 3150. The molecule has 0 N–H and O–H groups in total. The molecule has 0 saturated heterocycles. The third-order valence-corrected chi connectivity index (χ3v) is 11.2. The van der Waals surface area contributed by atoms with E-state index < -0.39 is 23.5 Å². The molecule has 60 heavy (non-hydrogen) atoms. The van der Waals surface area contributed by atoms with Crippen molar-refractivity contribution in [2.45, 2.75) is 12.4 Å². The maximum Gasteiger partial charge on any atom is 0.416 e. The fraction of sp³-hybridized carbons (Fsp3) is 0.0385. The molecule has 2 nitrogen and oxygen atoms in total. The highest BCUT2D eigenvalue weighted by Gasteiger charge is 2.31. The molecule has 1 aromatic heterocycles. The summed E-state index contributed by atoms with van der Waals surface area (Å²) in [5.41, 5.74) is 6.75. The van der Waals surface area contributed by atoms with Gasteiger partial charge in [-0.3, -0.25) is 0 Å². The molecule has 0 atom stereocenters. The van der Waals surface area contributed by atoms with Gasteiger partial charge in [0.1, 0.15) is 0 Å². The molecule has 0 bridgehead atoms. The molecular weight excluding hydrogens is 767 g/mol. The van der Waals surface area contributed by atoms with Crippen LogP contribution < -0.4 is 4.90 Å². The molecule has 0 aliphatic heterocycles. The van der Waals surface area contributed by atoms with Crippen molar-refractivity contribution < 1.29 is 26.3 Å². The van der Waals surface area contributed by atoms with Crippen molar-refractivity contribution in [3.05, 3.63) is 205 Å². The number of para-hydroxylation sites is 3. The monoisotopic (exact) mass is 798 g/mol. The predicted octanol–water partition coefficient (Wildman–Crippen LogP) is 15.9. The third-order valence-electron chi connectivity index (χ3n) is 11.2. The Balaban J connectivity index is 1.20. The third kappa shape index (κ3) is 6.32. The normalized spacial score (nSPS) is 12.2. The van der Waals surface area contributed by atoms with E-state index >= 15 is 0 Å². The Kier molecular flexibility index (Phi) is 8.75. The minimum Gasteiger partial charge on any atom is -0.310 e. The number of anilines is 3. The van der Waals surface area contributed by atoms with Gasteiger partial charge in [-0.1, -0.05) is 109 Å². The van der Waals surface area contributed by atoms with Crippen LogP contribution in [-0.4, -0.2) is 4.57 Å². The van der Waals surface area contributed by atoms with E-state index in [-0.39, 0.29) is 0 Å². The first kappa shape index (κ1) is 37.0. The van der Waals surface area contributed by atoms with Gasteiger partial charge in [-0.05, 0) is 129 Å². The number of halogens is 6. The number of hydrogen-bond donors (Lipinski definition) is 0. The van der Waals surface area contributed by atoms with E-state index in [4.69, 9.17) is 0 Å². The van der Waals surface area contributed by atoms with Crippen LogP contribution in [0.25, 0.3) is 71.3 Å². The fourth-order valence-electron chi connectivity index (χ4n) is 8.55. The number of alkyl halides is 6. The first-order valence-electron chi connectivity index (χ1n) is 19.3. The molecule has 0 spiro atoms. The van der Waals surface area contributed by atoms with E-state index in [1.807, 2.05) is 97.1 Å². The number of benzene rings is 9. The first-order chi connectivity index (χ1) is 29.0. The minimum absolute atomic E-state index is 0.571. The molecule has 292 valence electrons. The molecular formula is C52H32F6N2. The molecule has 1 heterocycles. The van der Waals surface area contributed by atoms with E-state index in [0.29, 0.717) is 16.7 Å². The van der Waals surface area contributed by atoms with Crippen LogP contribution in [0.2, 0.25) is 0 Å². The average molecular weight is 799 g/mol. The maximum absolute atomic E-state index is 13.8. The molecule has 0 fully saturated rings. The summed E-state index contributed by atoms with van der Waals surface area (Å²) in [7, 11) is 0.